The van der Waals surface area contributed by atoms with Gasteiger partial charge in [0.2, 0.25) is 5.91 Å². The number of aryl methyl sites for hydroxylation is 1. The molecule has 6 heteroatoms. The molecule has 1 heterocycles. The van der Waals surface area contributed by atoms with Gasteiger partial charge < -0.3 is 15.4 Å². The van der Waals surface area contributed by atoms with Crippen molar-refractivity contribution < 1.29 is 9.53 Å². The van der Waals surface area contributed by atoms with Gasteiger partial charge in [-0.15, -0.1) is 12.4 Å². The first-order valence-electron chi connectivity index (χ1n) is 9.12. The van der Waals surface area contributed by atoms with Crippen molar-refractivity contribution in [1.29, 1.82) is 0 Å². The highest BCUT2D eigenvalue weighted by Crippen LogP contribution is 2.22. The van der Waals surface area contributed by atoms with Crippen LogP contribution in [0.4, 0.5) is 0 Å². The number of amides is 1. The van der Waals surface area contributed by atoms with Crippen LogP contribution in [0.2, 0.25) is 5.02 Å². The molecule has 3 rings (SSSR count). The summed E-state index contributed by atoms with van der Waals surface area (Å²) >= 11 is 5.99. The van der Waals surface area contributed by atoms with Crippen molar-refractivity contribution in [2.75, 3.05) is 13.1 Å². The molecule has 1 fully saturated rings. The highest BCUT2D eigenvalue weighted by Gasteiger charge is 2.23. The summed E-state index contributed by atoms with van der Waals surface area (Å²) in [7, 11) is 0. The van der Waals surface area contributed by atoms with E-state index in [0.29, 0.717) is 18.0 Å². The zero-order chi connectivity index (χ0) is 18.4. The zero-order valence-electron chi connectivity index (χ0n) is 15.3. The van der Waals surface area contributed by atoms with Crippen molar-refractivity contribution in [2.24, 2.45) is 5.73 Å². The lowest BCUT2D eigenvalue weighted by molar-refractivity contribution is -0.132. The standard InChI is InChI=1S/C21H25ClN2O2.ClH/c22-18-2-1-3-20(14-18)26-19-10-12-24(13-11-19)21(25)9-8-16-4-6-17(15-23)7-5-16;/h1-7,14,19H,8-13,15,23H2;1H. The van der Waals surface area contributed by atoms with Crippen molar-refractivity contribution in [3.63, 3.8) is 0 Å². The largest absolute Gasteiger partial charge is 0.490 e. The van der Waals surface area contributed by atoms with Crippen molar-refractivity contribution in [1.82, 2.24) is 4.90 Å². The topological polar surface area (TPSA) is 55.6 Å². The highest BCUT2D eigenvalue weighted by atomic mass is 35.5. The number of carbonyl (C=O) groups excluding carboxylic acids is 1. The van der Waals surface area contributed by atoms with Crippen LogP contribution in [0.3, 0.4) is 0 Å². The third-order valence-electron chi connectivity index (χ3n) is 4.78. The maximum absolute atomic E-state index is 12.5. The van der Waals surface area contributed by atoms with E-state index in [-0.39, 0.29) is 24.4 Å². The molecule has 4 nitrogen and oxygen atoms in total. The molecular weight excluding hydrogens is 383 g/mol. The van der Waals surface area contributed by atoms with Gasteiger partial charge in [0.25, 0.3) is 0 Å². The number of rotatable bonds is 6. The third kappa shape index (κ3) is 6.42. The number of piperidine rings is 1. The number of likely N-dealkylation sites (tertiary alicyclic amines) is 1. The molecule has 0 atom stereocenters. The Morgan fingerprint density at radius 1 is 1.11 bits per heavy atom. The molecule has 0 unspecified atom stereocenters. The van der Waals surface area contributed by atoms with Crippen LogP contribution in [0.5, 0.6) is 5.75 Å². The molecule has 2 aromatic carbocycles. The second-order valence-corrected chi connectivity index (χ2v) is 7.11. The van der Waals surface area contributed by atoms with Gasteiger partial charge in [-0.1, -0.05) is 41.9 Å². The lowest BCUT2D eigenvalue weighted by atomic mass is 10.0. The first kappa shape index (κ1) is 21.5. The van der Waals surface area contributed by atoms with E-state index in [1.807, 2.05) is 41.3 Å². The van der Waals surface area contributed by atoms with Crippen molar-refractivity contribution in [2.45, 2.75) is 38.3 Å². The van der Waals surface area contributed by atoms with E-state index in [4.69, 9.17) is 22.1 Å². The Kier molecular flexibility index (Phi) is 8.42. The molecule has 27 heavy (non-hydrogen) atoms. The first-order valence-corrected chi connectivity index (χ1v) is 9.50. The summed E-state index contributed by atoms with van der Waals surface area (Å²) in [6, 6.07) is 15.6. The highest BCUT2D eigenvalue weighted by molar-refractivity contribution is 6.30. The predicted octanol–water partition coefficient (Wildman–Crippen LogP) is 4.22. The number of halogens is 2. The van der Waals surface area contributed by atoms with Gasteiger partial charge in [-0.25, -0.2) is 0 Å². The minimum absolute atomic E-state index is 0. The predicted molar refractivity (Wildman–Crippen MR) is 112 cm³/mol. The van der Waals surface area contributed by atoms with Gasteiger partial charge in [0.05, 0.1) is 0 Å². The van der Waals surface area contributed by atoms with Crippen LogP contribution in [0.25, 0.3) is 0 Å². The summed E-state index contributed by atoms with van der Waals surface area (Å²) in [5.74, 6) is 1.01. The van der Waals surface area contributed by atoms with E-state index in [0.717, 1.165) is 43.7 Å². The molecule has 2 N–H and O–H groups in total. The van der Waals surface area contributed by atoms with E-state index >= 15 is 0 Å². The van der Waals surface area contributed by atoms with Crippen LogP contribution in [0.15, 0.2) is 48.5 Å². The molecule has 146 valence electrons. The molecule has 0 saturated carbocycles. The number of nitrogens with zero attached hydrogens (tertiary/aromatic N) is 1. The quantitative estimate of drug-likeness (QED) is 0.777. The fourth-order valence-corrected chi connectivity index (χ4v) is 3.39. The zero-order valence-corrected chi connectivity index (χ0v) is 16.8. The van der Waals surface area contributed by atoms with Crippen molar-refractivity contribution >= 4 is 29.9 Å². The number of nitrogens with two attached hydrogens (primary N) is 1. The van der Waals surface area contributed by atoms with E-state index in [1.54, 1.807) is 0 Å². The minimum atomic E-state index is 0. The second kappa shape index (κ2) is 10.5. The maximum Gasteiger partial charge on any atom is 0.222 e. The summed E-state index contributed by atoms with van der Waals surface area (Å²) in [4.78, 5) is 14.4. The van der Waals surface area contributed by atoms with Crippen LogP contribution in [-0.2, 0) is 17.8 Å². The number of hydrogen-bond donors (Lipinski definition) is 1. The minimum Gasteiger partial charge on any atom is -0.490 e. The first-order chi connectivity index (χ1) is 12.6. The van der Waals surface area contributed by atoms with E-state index in [1.165, 1.54) is 5.56 Å². The molecule has 1 aliphatic heterocycles. The normalized spacial score (nSPS) is 14.5. The van der Waals surface area contributed by atoms with E-state index in [2.05, 4.69) is 12.1 Å². The third-order valence-corrected chi connectivity index (χ3v) is 5.01. The Labute approximate surface area is 172 Å². The molecule has 0 bridgehead atoms. The lowest BCUT2D eigenvalue weighted by Gasteiger charge is -2.32. The lowest BCUT2D eigenvalue weighted by Crippen LogP contribution is -2.41. The van der Waals surface area contributed by atoms with Gasteiger partial charge in [0.15, 0.2) is 0 Å². The fourth-order valence-electron chi connectivity index (χ4n) is 3.21. The second-order valence-electron chi connectivity index (χ2n) is 6.68. The summed E-state index contributed by atoms with van der Waals surface area (Å²) in [5, 5.41) is 0.676. The number of benzene rings is 2. The Morgan fingerprint density at radius 3 is 2.41 bits per heavy atom. The SMILES string of the molecule is Cl.NCc1ccc(CCC(=O)N2CCC(Oc3cccc(Cl)c3)CC2)cc1. The molecular formula is C21H26Cl2N2O2. The number of hydrogen-bond acceptors (Lipinski definition) is 3. The Balaban J connectivity index is 0.00000261. The van der Waals surface area contributed by atoms with Crippen LogP contribution >= 0.6 is 24.0 Å². The number of ether oxygens (including phenoxy) is 1. The van der Waals surface area contributed by atoms with Gasteiger partial charge in [-0.2, -0.15) is 0 Å². The molecule has 0 spiro atoms. The van der Waals surface area contributed by atoms with Gasteiger partial charge in [-0.05, 0) is 35.7 Å². The summed E-state index contributed by atoms with van der Waals surface area (Å²) in [6.45, 7) is 2.04. The molecule has 0 radical (unpaired) electrons. The molecule has 1 aliphatic rings. The Bertz CT molecular complexity index is 729. The van der Waals surface area contributed by atoms with Crippen LogP contribution < -0.4 is 10.5 Å². The summed E-state index contributed by atoms with van der Waals surface area (Å²) < 4.78 is 5.98. The fraction of sp³-hybridized carbons (Fsp3) is 0.381. The van der Waals surface area contributed by atoms with Crippen molar-refractivity contribution in [3.8, 4) is 5.75 Å². The molecule has 1 saturated heterocycles. The number of carbonyl (C=O) groups is 1. The van der Waals surface area contributed by atoms with Gasteiger partial charge in [-0.3, -0.25) is 4.79 Å². The summed E-state index contributed by atoms with van der Waals surface area (Å²) in [6.07, 6.45) is 3.15. The Hall–Kier alpha value is -1.75. The molecule has 1 amide bonds. The van der Waals surface area contributed by atoms with Crippen LogP contribution in [0, 0.1) is 0 Å². The average Bonchev–Trinajstić information content (AvgIpc) is 2.67. The summed E-state index contributed by atoms with van der Waals surface area (Å²) in [5.41, 5.74) is 7.90. The van der Waals surface area contributed by atoms with Gasteiger partial charge in [0, 0.05) is 43.9 Å². The van der Waals surface area contributed by atoms with Crippen LogP contribution in [-0.4, -0.2) is 30.0 Å². The van der Waals surface area contributed by atoms with E-state index in [9.17, 15) is 4.79 Å². The Morgan fingerprint density at radius 2 is 1.78 bits per heavy atom. The van der Waals surface area contributed by atoms with Gasteiger partial charge >= 0.3 is 0 Å². The molecule has 2 aromatic rings. The molecule has 0 aliphatic carbocycles. The molecule has 0 aromatic heterocycles. The van der Waals surface area contributed by atoms with Crippen molar-refractivity contribution in [3.05, 3.63) is 64.7 Å². The smallest absolute Gasteiger partial charge is 0.222 e. The van der Waals surface area contributed by atoms with Crippen LogP contribution in [0.1, 0.15) is 30.4 Å². The monoisotopic (exact) mass is 408 g/mol. The van der Waals surface area contributed by atoms with E-state index < -0.39 is 0 Å². The average molecular weight is 409 g/mol. The maximum atomic E-state index is 12.5. The van der Waals surface area contributed by atoms with Gasteiger partial charge in [0.1, 0.15) is 11.9 Å².